The Morgan fingerprint density at radius 3 is 2.09 bits per heavy atom. The molecule has 0 saturated carbocycles. The summed E-state index contributed by atoms with van der Waals surface area (Å²) in [6.45, 7) is 7.82. The van der Waals surface area contributed by atoms with Gasteiger partial charge in [0.2, 0.25) is 0 Å². The topological polar surface area (TPSA) is 24.5 Å². The molecule has 35 heavy (non-hydrogen) atoms. The van der Waals surface area contributed by atoms with Crippen LogP contribution in [0.15, 0.2) is 78.9 Å². The molecule has 3 fully saturated rings. The summed E-state index contributed by atoms with van der Waals surface area (Å²) < 4.78 is 5.77. The number of rotatable bonds is 9. The number of ether oxygens (including phenoxy) is 1. The first-order valence-corrected chi connectivity index (χ1v) is 13.4. The second-order valence-electron chi connectivity index (χ2n) is 10.8. The van der Waals surface area contributed by atoms with Gasteiger partial charge in [0.25, 0.3) is 0 Å². The van der Waals surface area contributed by atoms with E-state index in [1.54, 1.807) is 7.11 Å². The Hall–Kier alpha value is -2.62. The average Bonchev–Trinajstić information content (AvgIpc) is 2.90. The quantitative estimate of drug-likeness (QED) is 0.400. The van der Waals surface area contributed by atoms with E-state index >= 15 is 0 Å². The molecule has 2 bridgehead atoms. The van der Waals surface area contributed by atoms with Crippen LogP contribution in [0.3, 0.4) is 0 Å². The molecule has 3 saturated heterocycles. The largest absolute Gasteiger partial charge is 0.496 e. The summed E-state index contributed by atoms with van der Waals surface area (Å²) in [5.74, 6) is 2.70. The minimum absolute atomic E-state index is 0.354. The second-order valence-corrected chi connectivity index (χ2v) is 10.8. The fraction of sp³-hybridized carbons (Fsp3) is 0.438. The maximum atomic E-state index is 5.77. The van der Waals surface area contributed by atoms with Crippen LogP contribution in [0.1, 0.15) is 54.9 Å². The Bertz CT molecular complexity index is 1030. The fourth-order valence-corrected chi connectivity index (χ4v) is 6.49. The standard InChI is InChI=1S/C32H40N2O/c1-23(2)20-24-14-15-29(35-3)28(21-24)22-33-31-27-16-18-34(19-17-27)32(31)30(25-10-6-4-7-11-25)26-12-8-5-9-13-26/h4-15,21,23,27,30-33H,16-20,22H2,1-3H3. The third-order valence-electron chi connectivity index (χ3n) is 8.05. The van der Waals surface area contributed by atoms with Crippen LogP contribution >= 0.6 is 0 Å². The van der Waals surface area contributed by atoms with E-state index in [0.717, 1.165) is 18.7 Å². The molecule has 2 unspecified atom stereocenters. The van der Waals surface area contributed by atoms with Crippen molar-refractivity contribution in [2.45, 2.75) is 57.7 Å². The first kappa shape index (κ1) is 24.1. The summed E-state index contributed by atoms with van der Waals surface area (Å²) in [5.41, 5.74) is 5.51. The Kier molecular flexibility index (Phi) is 7.55. The summed E-state index contributed by atoms with van der Waals surface area (Å²) in [6.07, 6.45) is 3.67. The van der Waals surface area contributed by atoms with Crippen molar-refractivity contribution in [2.75, 3.05) is 20.2 Å². The van der Waals surface area contributed by atoms with Crippen LogP contribution in [0.5, 0.6) is 5.75 Å². The van der Waals surface area contributed by atoms with Gasteiger partial charge < -0.3 is 10.1 Å². The molecule has 0 aromatic heterocycles. The second kappa shape index (κ2) is 11.0. The van der Waals surface area contributed by atoms with Gasteiger partial charge in [-0.15, -0.1) is 0 Å². The minimum Gasteiger partial charge on any atom is -0.496 e. The number of hydrogen-bond donors (Lipinski definition) is 1. The highest BCUT2D eigenvalue weighted by Gasteiger charge is 2.46. The molecule has 0 spiro atoms. The van der Waals surface area contributed by atoms with Crippen LogP contribution in [-0.2, 0) is 13.0 Å². The van der Waals surface area contributed by atoms with Crippen LogP contribution < -0.4 is 10.1 Å². The Labute approximate surface area is 211 Å². The average molecular weight is 469 g/mol. The molecule has 3 heteroatoms. The van der Waals surface area contributed by atoms with E-state index in [2.05, 4.69) is 103 Å². The molecule has 0 aliphatic carbocycles. The molecule has 0 radical (unpaired) electrons. The van der Waals surface area contributed by atoms with Crippen molar-refractivity contribution in [2.24, 2.45) is 11.8 Å². The molecule has 3 aromatic rings. The highest BCUT2D eigenvalue weighted by molar-refractivity contribution is 5.39. The molecule has 6 rings (SSSR count). The third-order valence-corrected chi connectivity index (χ3v) is 8.05. The lowest BCUT2D eigenvalue weighted by Gasteiger charge is -2.54. The van der Waals surface area contributed by atoms with Crippen molar-refractivity contribution >= 4 is 0 Å². The van der Waals surface area contributed by atoms with E-state index in [9.17, 15) is 0 Å². The number of nitrogens with one attached hydrogen (secondary N) is 1. The van der Waals surface area contributed by atoms with Crippen molar-refractivity contribution < 1.29 is 4.74 Å². The van der Waals surface area contributed by atoms with Gasteiger partial charge in [0.15, 0.2) is 0 Å². The van der Waals surface area contributed by atoms with Crippen LogP contribution in [0.25, 0.3) is 0 Å². The molecule has 2 atom stereocenters. The van der Waals surface area contributed by atoms with Gasteiger partial charge in [-0.25, -0.2) is 0 Å². The monoisotopic (exact) mass is 468 g/mol. The number of nitrogens with zero attached hydrogens (tertiary/aromatic N) is 1. The highest BCUT2D eigenvalue weighted by atomic mass is 16.5. The Morgan fingerprint density at radius 2 is 1.51 bits per heavy atom. The minimum atomic E-state index is 0.354. The lowest BCUT2D eigenvalue weighted by atomic mass is 9.70. The SMILES string of the molecule is COc1ccc(CC(C)C)cc1CNC1C2CCN(CC2)C1C(c1ccccc1)c1ccccc1. The molecule has 3 aromatic carbocycles. The number of fused-ring (bicyclic) bond motifs is 3. The zero-order valence-corrected chi connectivity index (χ0v) is 21.5. The summed E-state index contributed by atoms with van der Waals surface area (Å²) in [6, 6.07) is 29.9. The Balaban J connectivity index is 1.46. The molecular formula is C32H40N2O. The van der Waals surface area contributed by atoms with Gasteiger partial charge in [-0.05, 0) is 66.9 Å². The van der Waals surface area contributed by atoms with Gasteiger partial charge >= 0.3 is 0 Å². The summed E-state index contributed by atoms with van der Waals surface area (Å²) >= 11 is 0. The summed E-state index contributed by atoms with van der Waals surface area (Å²) in [5, 5.41) is 4.07. The Morgan fingerprint density at radius 1 is 0.886 bits per heavy atom. The predicted molar refractivity (Wildman–Crippen MR) is 145 cm³/mol. The van der Waals surface area contributed by atoms with Crippen LogP contribution in [0.4, 0.5) is 0 Å². The van der Waals surface area contributed by atoms with Gasteiger partial charge in [0.05, 0.1) is 7.11 Å². The maximum absolute atomic E-state index is 5.77. The van der Waals surface area contributed by atoms with Crippen LogP contribution in [0.2, 0.25) is 0 Å². The van der Waals surface area contributed by atoms with Gasteiger partial charge in [-0.2, -0.15) is 0 Å². The lowest BCUT2D eigenvalue weighted by Crippen LogP contribution is -2.64. The van der Waals surface area contributed by atoms with E-state index in [4.69, 9.17) is 4.74 Å². The molecular weight excluding hydrogens is 428 g/mol. The highest BCUT2D eigenvalue weighted by Crippen LogP contribution is 2.42. The van der Waals surface area contributed by atoms with Gasteiger partial charge in [0.1, 0.15) is 5.75 Å². The third kappa shape index (κ3) is 5.32. The van der Waals surface area contributed by atoms with Gasteiger partial charge in [-0.3, -0.25) is 4.90 Å². The zero-order chi connectivity index (χ0) is 24.2. The smallest absolute Gasteiger partial charge is 0.123 e. The van der Waals surface area contributed by atoms with Gasteiger partial charge in [-0.1, -0.05) is 86.6 Å². The van der Waals surface area contributed by atoms with Crippen molar-refractivity contribution in [1.29, 1.82) is 0 Å². The molecule has 1 N–H and O–H groups in total. The summed E-state index contributed by atoms with van der Waals surface area (Å²) in [7, 11) is 1.79. The summed E-state index contributed by atoms with van der Waals surface area (Å²) in [4.78, 5) is 2.76. The fourth-order valence-electron chi connectivity index (χ4n) is 6.49. The lowest BCUT2D eigenvalue weighted by molar-refractivity contribution is 0.00462. The first-order valence-electron chi connectivity index (χ1n) is 13.4. The maximum Gasteiger partial charge on any atom is 0.123 e. The number of methoxy groups -OCH3 is 1. The van der Waals surface area contributed by atoms with Crippen molar-refractivity contribution in [3.05, 3.63) is 101 Å². The van der Waals surface area contributed by atoms with E-state index in [0.29, 0.717) is 29.8 Å². The van der Waals surface area contributed by atoms with Crippen molar-refractivity contribution in [3.8, 4) is 5.75 Å². The van der Waals surface area contributed by atoms with E-state index < -0.39 is 0 Å². The van der Waals surface area contributed by atoms with Gasteiger partial charge in [0, 0.05) is 30.1 Å². The van der Waals surface area contributed by atoms with E-state index in [1.807, 2.05) is 0 Å². The molecule has 3 aliphatic rings. The predicted octanol–water partition coefficient (Wildman–Crippen LogP) is 6.28. The number of hydrogen-bond acceptors (Lipinski definition) is 3. The molecule has 3 aliphatic heterocycles. The normalized spacial score (nSPS) is 23.7. The van der Waals surface area contributed by atoms with E-state index in [1.165, 1.54) is 48.2 Å². The number of benzene rings is 3. The number of piperidine rings is 3. The first-order chi connectivity index (χ1) is 17.1. The van der Waals surface area contributed by atoms with E-state index in [-0.39, 0.29) is 0 Å². The molecule has 0 amide bonds. The molecule has 3 nitrogen and oxygen atoms in total. The van der Waals surface area contributed by atoms with Crippen LogP contribution in [-0.4, -0.2) is 37.2 Å². The van der Waals surface area contributed by atoms with Crippen LogP contribution in [0, 0.1) is 11.8 Å². The zero-order valence-electron chi connectivity index (χ0n) is 21.5. The van der Waals surface area contributed by atoms with Crippen molar-refractivity contribution in [3.63, 3.8) is 0 Å². The van der Waals surface area contributed by atoms with Crippen molar-refractivity contribution in [1.82, 2.24) is 10.2 Å². The molecule has 3 heterocycles. The molecule has 184 valence electrons.